The van der Waals surface area contributed by atoms with Crippen LogP contribution >= 0.6 is 0 Å². The van der Waals surface area contributed by atoms with E-state index in [2.05, 4.69) is 25.8 Å². The summed E-state index contributed by atoms with van der Waals surface area (Å²) >= 11 is 0. The van der Waals surface area contributed by atoms with E-state index in [4.69, 9.17) is 0 Å². The van der Waals surface area contributed by atoms with Crippen LogP contribution in [-0.4, -0.2) is 59.3 Å². The predicted octanol–water partition coefficient (Wildman–Crippen LogP) is 3.48. The van der Waals surface area contributed by atoms with Gasteiger partial charge in [-0.3, -0.25) is 24.3 Å². The van der Waals surface area contributed by atoms with E-state index in [1.165, 1.54) is 24.3 Å². The number of carbonyl (C=O) groups excluding carboxylic acids is 3. The van der Waals surface area contributed by atoms with Crippen molar-refractivity contribution in [3.05, 3.63) is 101 Å². The molecule has 1 fully saturated rings. The number of nitrogens with one attached hydrogen (secondary N) is 3. The van der Waals surface area contributed by atoms with Crippen LogP contribution in [0.4, 0.5) is 17.6 Å². The van der Waals surface area contributed by atoms with Gasteiger partial charge in [-0.25, -0.2) is 4.39 Å². The molecule has 0 bridgehead atoms. The Kier molecular flexibility index (Phi) is 9.89. The van der Waals surface area contributed by atoms with Crippen LogP contribution in [0.5, 0.6) is 0 Å². The summed E-state index contributed by atoms with van der Waals surface area (Å²) in [6.45, 7) is 1.85. The van der Waals surface area contributed by atoms with E-state index in [9.17, 15) is 31.9 Å². The van der Waals surface area contributed by atoms with Gasteiger partial charge in [0.05, 0.1) is 12.0 Å². The van der Waals surface area contributed by atoms with E-state index >= 15 is 0 Å². The Labute approximate surface area is 240 Å². The van der Waals surface area contributed by atoms with Gasteiger partial charge in [-0.2, -0.15) is 13.2 Å². The van der Waals surface area contributed by atoms with Crippen molar-refractivity contribution in [1.82, 2.24) is 25.8 Å². The minimum absolute atomic E-state index is 0.0482. The lowest BCUT2D eigenvalue weighted by atomic mass is 9.85. The van der Waals surface area contributed by atoms with E-state index in [1.807, 2.05) is 30.3 Å². The molecule has 8 nitrogen and oxygen atoms in total. The van der Waals surface area contributed by atoms with Crippen molar-refractivity contribution >= 4 is 17.7 Å². The number of piperidine rings is 1. The molecular formula is C30H31F4N5O3. The Morgan fingerprint density at radius 3 is 2.14 bits per heavy atom. The Morgan fingerprint density at radius 1 is 0.857 bits per heavy atom. The molecule has 1 aliphatic rings. The van der Waals surface area contributed by atoms with Crippen LogP contribution in [0, 0.1) is 5.82 Å². The van der Waals surface area contributed by atoms with Gasteiger partial charge in [0.1, 0.15) is 17.1 Å². The van der Waals surface area contributed by atoms with Crippen LogP contribution < -0.4 is 16.0 Å². The Bertz CT molecular complexity index is 1360. The summed E-state index contributed by atoms with van der Waals surface area (Å²) in [5.74, 6) is -1.87. The van der Waals surface area contributed by atoms with Crippen molar-refractivity contribution in [2.75, 3.05) is 26.2 Å². The molecule has 3 aromatic rings. The molecule has 0 atom stereocenters. The first-order valence-electron chi connectivity index (χ1n) is 13.5. The maximum atomic E-state index is 13.4. The molecule has 1 aliphatic heterocycles. The summed E-state index contributed by atoms with van der Waals surface area (Å²) in [6.07, 6.45) is -3.22. The van der Waals surface area contributed by atoms with Crippen molar-refractivity contribution < 1.29 is 31.9 Å². The summed E-state index contributed by atoms with van der Waals surface area (Å²) < 4.78 is 51.8. The first kappa shape index (κ1) is 30.6. The van der Waals surface area contributed by atoms with Gasteiger partial charge in [-0.15, -0.1) is 0 Å². The molecule has 0 radical (unpaired) electrons. The zero-order chi connectivity index (χ0) is 30.2. The zero-order valence-corrected chi connectivity index (χ0v) is 22.7. The smallest absolute Gasteiger partial charge is 0.354 e. The molecule has 2 aromatic carbocycles. The van der Waals surface area contributed by atoms with Crippen molar-refractivity contribution in [1.29, 1.82) is 0 Å². The third-order valence-electron chi connectivity index (χ3n) is 7.07. The van der Waals surface area contributed by atoms with Gasteiger partial charge in [0, 0.05) is 38.9 Å². The largest absolute Gasteiger partial charge is 0.433 e. The van der Waals surface area contributed by atoms with Crippen LogP contribution in [-0.2, 0) is 28.7 Å². The maximum absolute atomic E-state index is 13.4. The number of hydrogen-bond acceptors (Lipinski definition) is 5. The standard InChI is InChI=1S/C30H31F4N5O3/c31-24-9-6-21(7-10-24)18-26(40)35-14-15-36-28(42)29(12-16-39(17-13-29)20-22-4-2-1-3-5-22)38-27(41)23-8-11-25(37-19-23)30(32,33)34/h1-11,19H,12-18,20H2,(H,35,40)(H,36,42)(H,38,41). The Balaban J connectivity index is 1.37. The molecule has 0 aliphatic carbocycles. The van der Waals surface area contributed by atoms with E-state index in [1.54, 1.807) is 0 Å². The molecule has 0 unspecified atom stereocenters. The maximum Gasteiger partial charge on any atom is 0.433 e. The van der Waals surface area contributed by atoms with Crippen LogP contribution in [0.3, 0.4) is 0 Å². The Morgan fingerprint density at radius 2 is 1.52 bits per heavy atom. The number of aromatic nitrogens is 1. The molecule has 42 heavy (non-hydrogen) atoms. The highest BCUT2D eigenvalue weighted by molar-refractivity contribution is 5.99. The molecule has 0 saturated carbocycles. The summed E-state index contributed by atoms with van der Waals surface area (Å²) in [4.78, 5) is 44.2. The first-order chi connectivity index (χ1) is 20.0. The number of amides is 3. The lowest BCUT2D eigenvalue weighted by Crippen LogP contribution is -2.63. The van der Waals surface area contributed by atoms with Gasteiger partial charge < -0.3 is 16.0 Å². The average molecular weight is 586 g/mol. The van der Waals surface area contributed by atoms with E-state index < -0.39 is 35.0 Å². The summed E-state index contributed by atoms with van der Waals surface area (Å²) in [5.41, 5.74) is -0.798. The Hall–Kier alpha value is -4.32. The van der Waals surface area contributed by atoms with Crippen molar-refractivity contribution in [2.24, 2.45) is 0 Å². The molecule has 12 heteroatoms. The number of carbonyl (C=O) groups is 3. The number of hydrogen-bond donors (Lipinski definition) is 3. The van der Waals surface area contributed by atoms with Crippen LogP contribution in [0.25, 0.3) is 0 Å². The van der Waals surface area contributed by atoms with Gasteiger partial charge in [-0.05, 0) is 48.2 Å². The number of likely N-dealkylation sites (tertiary alicyclic amines) is 1. The number of alkyl halides is 3. The lowest BCUT2D eigenvalue weighted by molar-refractivity contribution is -0.141. The second-order valence-corrected chi connectivity index (χ2v) is 10.1. The van der Waals surface area contributed by atoms with Crippen LogP contribution in [0.15, 0.2) is 72.9 Å². The van der Waals surface area contributed by atoms with Gasteiger partial charge in [0.15, 0.2) is 0 Å². The number of rotatable bonds is 10. The van der Waals surface area contributed by atoms with E-state index in [-0.39, 0.29) is 43.8 Å². The molecule has 3 amide bonds. The van der Waals surface area contributed by atoms with E-state index in [0.29, 0.717) is 25.2 Å². The van der Waals surface area contributed by atoms with Crippen molar-refractivity contribution in [3.63, 3.8) is 0 Å². The third kappa shape index (κ3) is 8.35. The number of nitrogens with zero attached hydrogens (tertiary/aromatic N) is 2. The fourth-order valence-electron chi connectivity index (χ4n) is 4.73. The molecule has 1 saturated heterocycles. The second kappa shape index (κ2) is 13.6. The second-order valence-electron chi connectivity index (χ2n) is 10.1. The monoisotopic (exact) mass is 585 g/mol. The summed E-state index contributed by atoms with van der Waals surface area (Å²) in [5, 5.41) is 8.22. The fourth-order valence-corrected chi connectivity index (χ4v) is 4.73. The van der Waals surface area contributed by atoms with Gasteiger partial charge in [-0.1, -0.05) is 42.5 Å². The number of halogens is 4. The molecule has 2 heterocycles. The topological polar surface area (TPSA) is 103 Å². The molecular weight excluding hydrogens is 554 g/mol. The normalized spacial score (nSPS) is 15.0. The first-order valence-corrected chi connectivity index (χ1v) is 13.5. The van der Waals surface area contributed by atoms with Crippen molar-refractivity contribution in [3.8, 4) is 0 Å². The number of benzene rings is 2. The zero-order valence-electron chi connectivity index (χ0n) is 22.7. The number of pyridine rings is 1. The fraction of sp³-hybridized carbons (Fsp3) is 0.333. The molecule has 222 valence electrons. The third-order valence-corrected chi connectivity index (χ3v) is 7.07. The highest BCUT2D eigenvalue weighted by atomic mass is 19.4. The van der Waals surface area contributed by atoms with Crippen molar-refractivity contribution in [2.45, 2.75) is 37.5 Å². The van der Waals surface area contributed by atoms with Gasteiger partial charge in [0.2, 0.25) is 11.8 Å². The molecule has 1 aromatic heterocycles. The van der Waals surface area contributed by atoms with Gasteiger partial charge in [0.25, 0.3) is 5.91 Å². The lowest BCUT2D eigenvalue weighted by Gasteiger charge is -2.41. The molecule has 3 N–H and O–H groups in total. The molecule has 4 rings (SSSR count). The SMILES string of the molecule is O=C(Cc1ccc(F)cc1)NCCNC(=O)C1(NC(=O)c2ccc(C(F)(F)F)nc2)CCN(Cc2ccccc2)CC1. The minimum atomic E-state index is -4.64. The summed E-state index contributed by atoms with van der Waals surface area (Å²) in [7, 11) is 0. The minimum Gasteiger partial charge on any atom is -0.354 e. The van der Waals surface area contributed by atoms with E-state index in [0.717, 1.165) is 23.9 Å². The molecule has 0 spiro atoms. The predicted molar refractivity (Wildman–Crippen MR) is 147 cm³/mol. The average Bonchev–Trinajstić information content (AvgIpc) is 2.97. The van der Waals surface area contributed by atoms with Crippen LogP contribution in [0.1, 0.15) is 40.0 Å². The summed E-state index contributed by atoms with van der Waals surface area (Å²) in [6, 6.07) is 17.1. The van der Waals surface area contributed by atoms with Crippen LogP contribution in [0.2, 0.25) is 0 Å². The highest BCUT2D eigenvalue weighted by Crippen LogP contribution is 2.28. The quantitative estimate of drug-likeness (QED) is 0.250. The van der Waals surface area contributed by atoms with Gasteiger partial charge >= 0.3 is 6.18 Å². The highest BCUT2D eigenvalue weighted by Gasteiger charge is 2.43.